The molecule has 90 valence electrons. The van der Waals surface area contributed by atoms with Gasteiger partial charge in [-0.25, -0.2) is 4.39 Å². The molecule has 17 heavy (non-hydrogen) atoms. The Morgan fingerprint density at radius 1 is 1.24 bits per heavy atom. The van der Waals surface area contributed by atoms with Gasteiger partial charge in [-0.1, -0.05) is 18.2 Å². The predicted octanol–water partition coefficient (Wildman–Crippen LogP) is 3.36. The molecule has 0 aliphatic rings. The fraction of sp³-hybridized carbons (Fsp3) is 0.231. The first-order chi connectivity index (χ1) is 8.31. The van der Waals surface area contributed by atoms with Crippen molar-refractivity contribution in [1.29, 1.82) is 0 Å². The topological polar surface area (TPSA) is 35.2 Å². The second-order valence-corrected chi connectivity index (χ2v) is 4.61. The van der Waals surface area contributed by atoms with E-state index in [-0.39, 0.29) is 17.7 Å². The number of hydrogen-bond acceptors (Lipinski definition) is 3. The number of hydrogen-bond donors (Lipinski definition) is 1. The number of rotatable bonds is 5. The molecular weight excluding hydrogens is 237 g/mol. The van der Waals surface area contributed by atoms with Crippen LogP contribution in [0.5, 0.6) is 5.75 Å². The van der Waals surface area contributed by atoms with Gasteiger partial charge in [-0.3, -0.25) is 0 Å². The molecule has 0 aliphatic heterocycles. The summed E-state index contributed by atoms with van der Waals surface area (Å²) in [7, 11) is 0. The summed E-state index contributed by atoms with van der Waals surface area (Å²) in [5.41, 5.74) is 5.56. The number of para-hydroxylation sites is 1. The van der Waals surface area contributed by atoms with Crippen molar-refractivity contribution in [3.63, 3.8) is 0 Å². The molecule has 2 rings (SSSR count). The van der Waals surface area contributed by atoms with Crippen LogP contribution in [-0.2, 0) is 0 Å². The SMILES string of the molecule is NCCC(Oc1ccccc1F)c1cccs1. The third kappa shape index (κ3) is 3.05. The number of nitrogens with two attached hydrogens (primary N) is 1. The summed E-state index contributed by atoms with van der Waals surface area (Å²) in [6, 6.07) is 10.4. The molecular formula is C13H14FNOS. The van der Waals surface area contributed by atoms with E-state index in [1.54, 1.807) is 29.5 Å². The normalized spacial score (nSPS) is 12.4. The molecule has 0 saturated carbocycles. The van der Waals surface area contributed by atoms with Crippen molar-refractivity contribution in [2.24, 2.45) is 5.73 Å². The maximum atomic E-state index is 13.5. The van der Waals surface area contributed by atoms with E-state index >= 15 is 0 Å². The second kappa shape index (κ2) is 5.80. The van der Waals surface area contributed by atoms with Crippen LogP contribution in [-0.4, -0.2) is 6.54 Å². The molecule has 1 aromatic heterocycles. The summed E-state index contributed by atoms with van der Waals surface area (Å²) in [6.07, 6.45) is 0.506. The minimum Gasteiger partial charge on any atom is -0.482 e. The fourth-order valence-electron chi connectivity index (χ4n) is 1.58. The van der Waals surface area contributed by atoms with Gasteiger partial charge in [0.1, 0.15) is 6.10 Å². The van der Waals surface area contributed by atoms with Gasteiger partial charge in [-0.15, -0.1) is 11.3 Å². The summed E-state index contributed by atoms with van der Waals surface area (Å²) >= 11 is 1.59. The molecule has 0 aliphatic carbocycles. The molecule has 1 atom stereocenters. The summed E-state index contributed by atoms with van der Waals surface area (Å²) in [6.45, 7) is 0.511. The summed E-state index contributed by atoms with van der Waals surface area (Å²) in [5, 5.41) is 1.98. The van der Waals surface area contributed by atoms with Gasteiger partial charge in [0.25, 0.3) is 0 Å². The lowest BCUT2D eigenvalue weighted by Crippen LogP contribution is -2.12. The second-order valence-electron chi connectivity index (χ2n) is 3.63. The Labute approximate surface area is 104 Å². The molecule has 4 heteroatoms. The first-order valence-corrected chi connectivity index (χ1v) is 6.34. The van der Waals surface area contributed by atoms with E-state index in [0.717, 1.165) is 4.88 Å². The highest BCUT2D eigenvalue weighted by atomic mass is 32.1. The highest BCUT2D eigenvalue weighted by Gasteiger charge is 2.15. The maximum absolute atomic E-state index is 13.5. The van der Waals surface area contributed by atoms with Crippen LogP contribution in [0.1, 0.15) is 17.4 Å². The molecule has 2 N–H and O–H groups in total. The van der Waals surface area contributed by atoms with Crippen LogP contribution in [0.2, 0.25) is 0 Å². The van der Waals surface area contributed by atoms with Crippen molar-refractivity contribution in [2.75, 3.05) is 6.54 Å². The van der Waals surface area contributed by atoms with Crippen molar-refractivity contribution < 1.29 is 9.13 Å². The summed E-state index contributed by atoms with van der Waals surface area (Å²) in [5.74, 6) is -0.0644. The van der Waals surface area contributed by atoms with Gasteiger partial charge in [0.15, 0.2) is 11.6 Å². The third-order valence-corrected chi connectivity index (χ3v) is 3.36. The molecule has 1 unspecified atom stereocenters. The first-order valence-electron chi connectivity index (χ1n) is 5.46. The Balaban J connectivity index is 2.16. The van der Waals surface area contributed by atoms with Crippen LogP contribution >= 0.6 is 11.3 Å². The Bertz CT molecular complexity index is 458. The van der Waals surface area contributed by atoms with E-state index in [4.69, 9.17) is 10.5 Å². The van der Waals surface area contributed by atoms with Crippen molar-refractivity contribution in [2.45, 2.75) is 12.5 Å². The van der Waals surface area contributed by atoms with Gasteiger partial charge in [0.2, 0.25) is 0 Å². The minimum atomic E-state index is -0.342. The zero-order valence-corrected chi connectivity index (χ0v) is 10.1. The molecule has 1 aromatic carbocycles. The monoisotopic (exact) mass is 251 g/mol. The highest BCUT2D eigenvalue weighted by molar-refractivity contribution is 7.10. The Morgan fingerprint density at radius 3 is 2.71 bits per heavy atom. The Hall–Kier alpha value is -1.39. The van der Waals surface area contributed by atoms with Crippen LogP contribution in [0.15, 0.2) is 41.8 Å². The standard InChI is InChI=1S/C13H14FNOS/c14-10-4-1-2-5-11(10)16-12(7-8-15)13-6-3-9-17-13/h1-6,9,12H,7-8,15H2. The largest absolute Gasteiger partial charge is 0.482 e. The zero-order chi connectivity index (χ0) is 12.1. The molecule has 0 amide bonds. The lowest BCUT2D eigenvalue weighted by atomic mass is 10.2. The van der Waals surface area contributed by atoms with E-state index in [1.165, 1.54) is 6.07 Å². The van der Waals surface area contributed by atoms with Gasteiger partial charge in [0.05, 0.1) is 0 Å². The van der Waals surface area contributed by atoms with E-state index in [2.05, 4.69) is 0 Å². The summed E-state index contributed by atoms with van der Waals surface area (Å²) < 4.78 is 19.2. The molecule has 0 bridgehead atoms. The van der Waals surface area contributed by atoms with E-state index < -0.39 is 0 Å². The molecule has 2 aromatic rings. The number of ether oxygens (including phenoxy) is 1. The van der Waals surface area contributed by atoms with E-state index in [0.29, 0.717) is 13.0 Å². The number of benzene rings is 1. The van der Waals surface area contributed by atoms with E-state index in [1.807, 2.05) is 17.5 Å². The first kappa shape index (κ1) is 12.1. The van der Waals surface area contributed by atoms with Crippen LogP contribution in [0.3, 0.4) is 0 Å². The quantitative estimate of drug-likeness (QED) is 0.884. The van der Waals surface area contributed by atoms with Crippen LogP contribution in [0.25, 0.3) is 0 Å². The average Bonchev–Trinajstić information content (AvgIpc) is 2.85. The van der Waals surface area contributed by atoms with Crippen LogP contribution < -0.4 is 10.5 Å². The number of thiophene rings is 1. The summed E-state index contributed by atoms with van der Waals surface area (Å²) in [4.78, 5) is 1.07. The lowest BCUT2D eigenvalue weighted by molar-refractivity contribution is 0.192. The highest BCUT2D eigenvalue weighted by Crippen LogP contribution is 2.28. The Kier molecular flexibility index (Phi) is 4.12. The van der Waals surface area contributed by atoms with Crippen molar-refractivity contribution in [3.8, 4) is 5.75 Å². The number of halogens is 1. The predicted molar refractivity (Wildman–Crippen MR) is 67.8 cm³/mol. The molecule has 2 nitrogen and oxygen atoms in total. The van der Waals surface area contributed by atoms with Gasteiger partial charge in [-0.05, 0) is 30.1 Å². The van der Waals surface area contributed by atoms with Crippen LogP contribution in [0.4, 0.5) is 4.39 Å². The lowest BCUT2D eigenvalue weighted by Gasteiger charge is -2.17. The molecule has 0 fully saturated rings. The molecule has 0 saturated heterocycles. The van der Waals surface area contributed by atoms with Crippen LogP contribution in [0, 0.1) is 5.82 Å². The van der Waals surface area contributed by atoms with Crippen molar-refractivity contribution >= 4 is 11.3 Å². The smallest absolute Gasteiger partial charge is 0.165 e. The fourth-order valence-corrected chi connectivity index (χ4v) is 2.37. The molecule has 1 heterocycles. The molecule has 0 radical (unpaired) electrons. The van der Waals surface area contributed by atoms with Gasteiger partial charge in [0, 0.05) is 11.3 Å². The van der Waals surface area contributed by atoms with E-state index in [9.17, 15) is 4.39 Å². The molecule has 0 spiro atoms. The van der Waals surface area contributed by atoms with Gasteiger partial charge >= 0.3 is 0 Å². The third-order valence-electron chi connectivity index (χ3n) is 2.40. The van der Waals surface area contributed by atoms with Crippen molar-refractivity contribution in [1.82, 2.24) is 0 Å². The minimum absolute atomic E-state index is 0.170. The average molecular weight is 251 g/mol. The van der Waals surface area contributed by atoms with Gasteiger partial charge in [-0.2, -0.15) is 0 Å². The van der Waals surface area contributed by atoms with Gasteiger partial charge < -0.3 is 10.5 Å². The Morgan fingerprint density at radius 2 is 2.06 bits per heavy atom. The van der Waals surface area contributed by atoms with Crippen molar-refractivity contribution in [3.05, 3.63) is 52.5 Å². The zero-order valence-electron chi connectivity index (χ0n) is 9.30. The maximum Gasteiger partial charge on any atom is 0.165 e.